The monoisotopic (exact) mass is 374 g/mol. The Morgan fingerprint density at radius 3 is 2.64 bits per heavy atom. The number of carbonyl (C=O) groups excluding carboxylic acids is 1. The van der Waals surface area contributed by atoms with Gasteiger partial charge in [0.2, 0.25) is 0 Å². The molecular weight excluding hydrogens is 348 g/mol. The first-order valence-corrected chi connectivity index (χ1v) is 9.99. The van der Waals surface area contributed by atoms with Crippen LogP contribution in [0.2, 0.25) is 0 Å². The van der Waals surface area contributed by atoms with Crippen molar-refractivity contribution < 1.29 is 4.79 Å². The molecule has 0 aliphatic carbocycles. The van der Waals surface area contributed by atoms with Crippen molar-refractivity contribution in [3.05, 3.63) is 83.2 Å². The fraction of sp³-hybridized carbons (Fsp3) is 0.348. The van der Waals surface area contributed by atoms with Crippen LogP contribution in [0.3, 0.4) is 0 Å². The molecule has 1 aliphatic heterocycles. The highest BCUT2D eigenvalue weighted by Crippen LogP contribution is 2.28. The van der Waals surface area contributed by atoms with E-state index in [1.165, 1.54) is 16.7 Å². The number of nitrogens with zero attached hydrogens (tertiary/aromatic N) is 4. The van der Waals surface area contributed by atoms with Crippen LogP contribution < -0.4 is 0 Å². The van der Waals surface area contributed by atoms with Gasteiger partial charge in [0.25, 0.3) is 5.91 Å². The van der Waals surface area contributed by atoms with E-state index in [4.69, 9.17) is 0 Å². The van der Waals surface area contributed by atoms with Crippen LogP contribution in [0.1, 0.15) is 52.4 Å². The van der Waals surface area contributed by atoms with Gasteiger partial charge in [-0.15, -0.1) is 5.10 Å². The van der Waals surface area contributed by atoms with E-state index in [1.54, 1.807) is 10.9 Å². The summed E-state index contributed by atoms with van der Waals surface area (Å²) in [4.78, 5) is 14.9. The maximum atomic E-state index is 12.9. The van der Waals surface area contributed by atoms with Crippen LogP contribution in [-0.4, -0.2) is 38.9 Å². The molecule has 0 spiro atoms. The zero-order valence-corrected chi connectivity index (χ0v) is 16.3. The maximum absolute atomic E-state index is 12.9. The Bertz CT molecular complexity index is 935. The Kier molecular flexibility index (Phi) is 5.51. The van der Waals surface area contributed by atoms with Gasteiger partial charge in [-0.25, -0.2) is 4.68 Å². The number of likely N-dealkylation sites (tertiary alicyclic amines) is 1. The number of rotatable bonds is 4. The van der Waals surface area contributed by atoms with Crippen molar-refractivity contribution in [2.75, 3.05) is 13.1 Å². The predicted octanol–water partition coefficient (Wildman–Crippen LogP) is 4.04. The summed E-state index contributed by atoms with van der Waals surface area (Å²) in [6.45, 7) is 4.26. The predicted molar refractivity (Wildman–Crippen MR) is 109 cm³/mol. The van der Waals surface area contributed by atoms with Gasteiger partial charge in [0.1, 0.15) is 0 Å². The Morgan fingerprint density at radius 1 is 1.04 bits per heavy atom. The molecule has 3 aromatic rings. The second-order valence-electron chi connectivity index (χ2n) is 7.56. The van der Waals surface area contributed by atoms with Crippen molar-refractivity contribution in [1.82, 2.24) is 19.9 Å². The van der Waals surface area contributed by atoms with Gasteiger partial charge in [-0.1, -0.05) is 59.8 Å². The van der Waals surface area contributed by atoms with Crippen LogP contribution in [0.15, 0.2) is 60.8 Å². The fourth-order valence-electron chi connectivity index (χ4n) is 3.96. The minimum atomic E-state index is -0.00950. The number of aromatic nitrogens is 3. The lowest BCUT2D eigenvalue weighted by Gasteiger charge is -2.19. The van der Waals surface area contributed by atoms with E-state index in [9.17, 15) is 4.79 Å². The lowest BCUT2D eigenvalue weighted by molar-refractivity contribution is 0.0755. The molecule has 0 radical (unpaired) electrons. The summed E-state index contributed by atoms with van der Waals surface area (Å²) in [6.07, 6.45) is 4.90. The van der Waals surface area contributed by atoms with Crippen LogP contribution in [-0.2, 0) is 6.54 Å². The highest BCUT2D eigenvalue weighted by Gasteiger charge is 2.24. The van der Waals surface area contributed by atoms with Crippen LogP contribution in [0, 0.1) is 6.92 Å². The quantitative estimate of drug-likeness (QED) is 0.692. The lowest BCUT2D eigenvalue weighted by atomic mass is 9.92. The summed E-state index contributed by atoms with van der Waals surface area (Å²) in [7, 11) is 0. The number of aryl methyl sites for hydroxylation is 1. The first-order chi connectivity index (χ1) is 13.7. The van der Waals surface area contributed by atoms with Gasteiger partial charge >= 0.3 is 0 Å². The first kappa shape index (κ1) is 18.4. The molecule has 5 heteroatoms. The maximum Gasteiger partial charge on any atom is 0.276 e. The minimum Gasteiger partial charge on any atom is -0.337 e. The van der Waals surface area contributed by atoms with E-state index < -0.39 is 0 Å². The first-order valence-electron chi connectivity index (χ1n) is 9.99. The summed E-state index contributed by atoms with van der Waals surface area (Å²) < 4.78 is 1.75. The van der Waals surface area contributed by atoms with Crippen LogP contribution in [0.4, 0.5) is 0 Å². The fourth-order valence-corrected chi connectivity index (χ4v) is 3.96. The smallest absolute Gasteiger partial charge is 0.276 e. The third-order valence-corrected chi connectivity index (χ3v) is 5.64. The molecule has 1 amide bonds. The second kappa shape index (κ2) is 8.38. The van der Waals surface area contributed by atoms with Crippen LogP contribution >= 0.6 is 0 Å². The topological polar surface area (TPSA) is 51.0 Å². The summed E-state index contributed by atoms with van der Waals surface area (Å²) in [5.74, 6) is 0.514. The normalized spacial score (nSPS) is 17.3. The molecule has 144 valence electrons. The van der Waals surface area contributed by atoms with E-state index in [-0.39, 0.29) is 5.91 Å². The summed E-state index contributed by atoms with van der Waals surface area (Å²) in [5.41, 5.74) is 4.21. The Hall–Kier alpha value is -2.95. The molecule has 0 bridgehead atoms. The molecule has 28 heavy (non-hydrogen) atoms. The molecule has 0 N–H and O–H groups in total. The number of carbonyl (C=O) groups is 1. The van der Waals surface area contributed by atoms with E-state index in [0.29, 0.717) is 18.2 Å². The van der Waals surface area contributed by atoms with E-state index in [2.05, 4.69) is 59.7 Å². The SMILES string of the molecule is Cc1ccccc1Cn1cc(C(=O)N2CCCC(c3ccccc3)CC2)nn1. The van der Waals surface area contributed by atoms with Gasteiger partial charge < -0.3 is 4.90 Å². The standard InChI is InChI=1S/C23H26N4O/c1-18-8-5-6-11-21(18)16-27-17-22(24-25-27)23(28)26-14-7-12-20(13-15-26)19-9-3-2-4-10-19/h2-6,8-11,17,20H,7,12-16H2,1H3. The van der Waals surface area contributed by atoms with Crippen molar-refractivity contribution in [1.29, 1.82) is 0 Å². The minimum absolute atomic E-state index is 0.00950. The molecule has 0 saturated carbocycles. The van der Waals surface area contributed by atoms with E-state index in [1.807, 2.05) is 17.0 Å². The highest BCUT2D eigenvalue weighted by molar-refractivity contribution is 5.91. The van der Waals surface area contributed by atoms with Gasteiger partial charge in [-0.3, -0.25) is 4.79 Å². The van der Waals surface area contributed by atoms with Gasteiger partial charge in [-0.2, -0.15) is 0 Å². The van der Waals surface area contributed by atoms with Crippen molar-refractivity contribution >= 4 is 5.91 Å². The highest BCUT2D eigenvalue weighted by atomic mass is 16.2. The average Bonchev–Trinajstić information content (AvgIpc) is 3.05. The Balaban J connectivity index is 1.41. The molecular formula is C23H26N4O. The Morgan fingerprint density at radius 2 is 1.82 bits per heavy atom. The van der Waals surface area contributed by atoms with Crippen molar-refractivity contribution in [3.8, 4) is 0 Å². The van der Waals surface area contributed by atoms with E-state index in [0.717, 1.165) is 32.4 Å². The Labute approximate surface area is 166 Å². The third-order valence-electron chi connectivity index (χ3n) is 5.64. The van der Waals surface area contributed by atoms with Gasteiger partial charge in [0, 0.05) is 13.1 Å². The summed E-state index contributed by atoms with van der Waals surface area (Å²) in [5, 5.41) is 8.32. The molecule has 1 fully saturated rings. The summed E-state index contributed by atoms with van der Waals surface area (Å²) >= 11 is 0. The van der Waals surface area contributed by atoms with Crippen molar-refractivity contribution in [2.45, 2.75) is 38.6 Å². The van der Waals surface area contributed by atoms with Crippen molar-refractivity contribution in [2.24, 2.45) is 0 Å². The van der Waals surface area contributed by atoms with Crippen LogP contribution in [0.25, 0.3) is 0 Å². The lowest BCUT2D eigenvalue weighted by Crippen LogP contribution is -2.32. The molecule has 1 atom stereocenters. The molecule has 1 unspecified atom stereocenters. The molecule has 2 aromatic carbocycles. The number of benzene rings is 2. The van der Waals surface area contributed by atoms with Gasteiger partial charge in [-0.05, 0) is 48.8 Å². The van der Waals surface area contributed by atoms with Gasteiger partial charge in [0.15, 0.2) is 5.69 Å². The second-order valence-corrected chi connectivity index (χ2v) is 7.56. The number of hydrogen-bond acceptors (Lipinski definition) is 3. The molecule has 1 saturated heterocycles. The third kappa shape index (κ3) is 4.14. The molecule has 4 rings (SSSR count). The van der Waals surface area contributed by atoms with E-state index >= 15 is 0 Å². The number of hydrogen-bond donors (Lipinski definition) is 0. The van der Waals surface area contributed by atoms with Crippen LogP contribution in [0.5, 0.6) is 0 Å². The average molecular weight is 374 g/mol. The number of amides is 1. The summed E-state index contributed by atoms with van der Waals surface area (Å²) in [6, 6.07) is 18.8. The largest absolute Gasteiger partial charge is 0.337 e. The zero-order valence-electron chi connectivity index (χ0n) is 16.3. The molecule has 5 nitrogen and oxygen atoms in total. The zero-order chi connectivity index (χ0) is 19.3. The molecule has 1 aromatic heterocycles. The molecule has 1 aliphatic rings. The van der Waals surface area contributed by atoms with Crippen molar-refractivity contribution in [3.63, 3.8) is 0 Å². The van der Waals surface area contributed by atoms with Gasteiger partial charge in [0.05, 0.1) is 12.7 Å². The molecule has 2 heterocycles.